The Kier molecular flexibility index (Phi) is 4.95. The Bertz CT molecular complexity index is 921. The fourth-order valence-corrected chi connectivity index (χ4v) is 2.47. The molecule has 3 aromatic rings. The number of phenols is 1. The number of aromatic hydroxyl groups is 1. The minimum absolute atomic E-state index is 0.154. The number of amides is 1. The van der Waals surface area contributed by atoms with E-state index >= 15 is 0 Å². The fraction of sp³-hybridized carbons (Fsp3) is 0.100. The van der Waals surface area contributed by atoms with Crippen molar-refractivity contribution < 1.29 is 9.90 Å². The average molecular weight is 333 g/mol. The van der Waals surface area contributed by atoms with Gasteiger partial charge in [-0.05, 0) is 47.5 Å². The summed E-state index contributed by atoms with van der Waals surface area (Å²) >= 11 is 0. The molecule has 0 bridgehead atoms. The van der Waals surface area contributed by atoms with Gasteiger partial charge in [0.25, 0.3) is 5.91 Å². The topological polar surface area (TPSA) is 73.7 Å². The first-order valence-electron chi connectivity index (χ1n) is 7.99. The van der Waals surface area contributed by atoms with Crippen molar-refractivity contribution in [2.45, 2.75) is 13.0 Å². The molecule has 0 aliphatic carbocycles. The molecule has 0 radical (unpaired) electrons. The lowest BCUT2D eigenvalue weighted by molar-refractivity contribution is -0.121. The minimum atomic E-state index is -0.442. The van der Waals surface area contributed by atoms with Crippen LogP contribution in [0.25, 0.3) is 10.8 Å². The summed E-state index contributed by atoms with van der Waals surface area (Å²) in [6, 6.07) is 20.2. The molecule has 0 saturated heterocycles. The number of rotatable bonds is 5. The number of benzene rings is 3. The van der Waals surface area contributed by atoms with Crippen molar-refractivity contribution >= 4 is 28.6 Å². The standard InChI is InChI=1S/C20H19N3O2/c1-14(20(25)23-21-13-15-5-4-8-19(24)11-15)22-18-10-9-16-6-2-3-7-17(16)12-18/h2-14,22,24H,1H3,(H,23,25)/b21-13+. The van der Waals surface area contributed by atoms with E-state index in [0.29, 0.717) is 5.56 Å². The van der Waals surface area contributed by atoms with Crippen LogP contribution in [-0.4, -0.2) is 23.3 Å². The molecule has 0 spiro atoms. The average Bonchev–Trinajstić information content (AvgIpc) is 2.61. The molecule has 0 aliphatic rings. The molecule has 3 rings (SSSR count). The SMILES string of the molecule is CC(Nc1ccc2ccccc2c1)C(=O)N/N=C/c1cccc(O)c1. The smallest absolute Gasteiger partial charge is 0.262 e. The molecule has 1 unspecified atom stereocenters. The van der Waals surface area contributed by atoms with Crippen molar-refractivity contribution in [2.75, 3.05) is 5.32 Å². The highest BCUT2D eigenvalue weighted by molar-refractivity contribution is 5.89. The van der Waals surface area contributed by atoms with E-state index in [1.807, 2.05) is 42.5 Å². The van der Waals surface area contributed by atoms with Gasteiger partial charge in [-0.25, -0.2) is 5.43 Å². The number of nitrogens with zero attached hydrogens (tertiary/aromatic N) is 1. The highest BCUT2D eigenvalue weighted by atomic mass is 16.3. The van der Waals surface area contributed by atoms with Crippen LogP contribution in [-0.2, 0) is 4.79 Å². The first-order chi connectivity index (χ1) is 12.1. The van der Waals surface area contributed by atoms with Crippen LogP contribution >= 0.6 is 0 Å². The molecule has 3 aromatic carbocycles. The number of anilines is 1. The molecular formula is C20H19N3O2. The second-order valence-electron chi connectivity index (χ2n) is 5.76. The second-order valence-corrected chi connectivity index (χ2v) is 5.76. The van der Waals surface area contributed by atoms with Crippen LogP contribution in [0.3, 0.4) is 0 Å². The Labute approximate surface area is 146 Å². The number of hydrazone groups is 1. The van der Waals surface area contributed by atoms with Gasteiger partial charge in [0.1, 0.15) is 11.8 Å². The van der Waals surface area contributed by atoms with Crippen LogP contribution in [0.4, 0.5) is 5.69 Å². The predicted molar refractivity (Wildman–Crippen MR) is 101 cm³/mol. The van der Waals surface area contributed by atoms with Gasteiger partial charge >= 0.3 is 0 Å². The normalized spacial score (nSPS) is 12.2. The number of fused-ring (bicyclic) bond motifs is 1. The summed E-state index contributed by atoms with van der Waals surface area (Å²) in [6.07, 6.45) is 1.49. The van der Waals surface area contributed by atoms with Crippen molar-refractivity contribution in [3.63, 3.8) is 0 Å². The summed E-state index contributed by atoms with van der Waals surface area (Å²) in [5.74, 6) is -0.0915. The number of phenolic OH excluding ortho intramolecular Hbond substituents is 1. The Hall–Kier alpha value is -3.34. The summed E-state index contributed by atoms with van der Waals surface area (Å²) < 4.78 is 0. The van der Waals surface area contributed by atoms with Gasteiger partial charge in [-0.3, -0.25) is 4.79 Å². The zero-order valence-corrected chi connectivity index (χ0v) is 13.8. The summed E-state index contributed by atoms with van der Waals surface area (Å²) in [5.41, 5.74) is 4.07. The zero-order valence-electron chi connectivity index (χ0n) is 13.8. The van der Waals surface area contributed by atoms with Crippen LogP contribution in [0.15, 0.2) is 71.8 Å². The second kappa shape index (κ2) is 7.49. The molecule has 0 aliphatic heterocycles. The van der Waals surface area contributed by atoms with Gasteiger partial charge in [-0.15, -0.1) is 0 Å². The summed E-state index contributed by atoms with van der Waals surface area (Å²) in [6.45, 7) is 1.77. The molecule has 126 valence electrons. The van der Waals surface area contributed by atoms with Gasteiger partial charge in [-0.2, -0.15) is 5.10 Å². The van der Waals surface area contributed by atoms with Gasteiger partial charge < -0.3 is 10.4 Å². The third-order valence-corrected chi connectivity index (χ3v) is 3.78. The Morgan fingerprint density at radius 3 is 2.64 bits per heavy atom. The van der Waals surface area contributed by atoms with Crippen LogP contribution in [0.5, 0.6) is 5.75 Å². The lowest BCUT2D eigenvalue weighted by Crippen LogP contribution is -2.34. The molecule has 0 saturated carbocycles. The summed E-state index contributed by atoms with van der Waals surface area (Å²) in [7, 11) is 0. The largest absolute Gasteiger partial charge is 0.508 e. The number of nitrogens with one attached hydrogen (secondary N) is 2. The molecule has 1 amide bonds. The maximum Gasteiger partial charge on any atom is 0.262 e. The van der Waals surface area contributed by atoms with Crippen LogP contribution in [0.2, 0.25) is 0 Å². The Balaban J connectivity index is 1.59. The minimum Gasteiger partial charge on any atom is -0.508 e. The van der Waals surface area contributed by atoms with Gasteiger partial charge in [-0.1, -0.05) is 42.5 Å². The van der Waals surface area contributed by atoms with E-state index in [4.69, 9.17) is 0 Å². The zero-order chi connectivity index (χ0) is 17.6. The van der Waals surface area contributed by atoms with E-state index in [2.05, 4.69) is 15.8 Å². The summed E-state index contributed by atoms with van der Waals surface area (Å²) in [4.78, 5) is 12.1. The number of carbonyl (C=O) groups is 1. The fourth-order valence-electron chi connectivity index (χ4n) is 2.47. The van der Waals surface area contributed by atoms with E-state index in [9.17, 15) is 9.90 Å². The number of carbonyl (C=O) groups excluding carboxylic acids is 1. The van der Waals surface area contributed by atoms with Crippen molar-refractivity contribution in [1.29, 1.82) is 0 Å². The van der Waals surface area contributed by atoms with Crippen LogP contribution in [0, 0.1) is 0 Å². The maximum absolute atomic E-state index is 12.1. The first kappa shape index (κ1) is 16.5. The lowest BCUT2D eigenvalue weighted by atomic mass is 10.1. The van der Waals surface area contributed by atoms with Gasteiger partial charge in [0.2, 0.25) is 0 Å². The molecular weight excluding hydrogens is 314 g/mol. The number of hydrogen-bond donors (Lipinski definition) is 3. The first-order valence-corrected chi connectivity index (χ1v) is 7.99. The Morgan fingerprint density at radius 1 is 1.04 bits per heavy atom. The van der Waals surface area contributed by atoms with Crippen LogP contribution < -0.4 is 10.7 Å². The van der Waals surface area contributed by atoms with E-state index < -0.39 is 6.04 Å². The maximum atomic E-state index is 12.1. The third-order valence-electron chi connectivity index (χ3n) is 3.78. The summed E-state index contributed by atoms with van der Waals surface area (Å²) in [5, 5.41) is 18.7. The highest BCUT2D eigenvalue weighted by Crippen LogP contribution is 2.19. The molecule has 1 atom stereocenters. The molecule has 5 heteroatoms. The quantitative estimate of drug-likeness (QED) is 0.494. The highest BCUT2D eigenvalue weighted by Gasteiger charge is 2.11. The van der Waals surface area contributed by atoms with Gasteiger partial charge in [0.05, 0.1) is 6.21 Å². The molecule has 25 heavy (non-hydrogen) atoms. The molecule has 0 fully saturated rings. The van der Waals surface area contributed by atoms with Crippen LogP contribution in [0.1, 0.15) is 12.5 Å². The third kappa shape index (κ3) is 4.35. The van der Waals surface area contributed by atoms with E-state index in [0.717, 1.165) is 16.5 Å². The molecule has 0 aromatic heterocycles. The predicted octanol–water partition coefficient (Wildman–Crippen LogP) is 3.50. The van der Waals surface area contributed by atoms with E-state index in [1.165, 1.54) is 6.21 Å². The van der Waals surface area contributed by atoms with Crippen molar-refractivity contribution in [3.8, 4) is 5.75 Å². The Morgan fingerprint density at radius 2 is 1.84 bits per heavy atom. The van der Waals surface area contributed by atoms with E-state index in [1.54, 1.807) is 31.2 Å². The molecule has 0 heterocycles. The monoisotopic (exact) mass is 333 g/mol. The molecule has 3 N–H and O–H groups in total. The van der Waals surface area contributed by atoms with Crippen molar-refractivity contribution in [1.82, 2.24) is 5.43 Å². The van der Waals surface area contributed by atoms with Gasteiger partial charge in [0, 0.05) is 5.69 Å². The van der Waals surface area contributed by atoms with E-state index in [-0.39, 0.29) is 11.7 Å². The molecule has 5 nitrogen and oxygen atoms in total. The van der Waals surface area contributed by atoms with Crippen molar-refractivity contribution in [2.24, 2.45) is 5.10 Å². The number of hydrogen-bond acceptors (Lipinski definition) is 4. The van der Waals surface area contributed by atoms with Gasteiger partial charge in [0.15, 0.2) is 0 Å². The lowest BCUT2D eigenvalue weighted by Gasteiger charge is -2.14. The van der Waals surface area contributed by atoms with Crippen molar-refractivity contribution in [3.05, 3.63) is 72.3 Å².